The molecule has 24 heavy (non-hydrogen) atoms. The maximum absolute atomic E-state index is 14.6. The minimum atomic E-state index is -2.97. The summed E-state index contributed by atoms with van der Waals surface area (Å²) < 4.78 is 34.4. The van der Waals surface area contributed by atoms with Crippen LogP contribution in [-0.2, 0) is 11.3 Å². The molecular formula is C18H26F2N2O2. The van der Waals surface area contributed by atoms with E-state index in [1.807, 2.05) is 30.3 Å². The molecule has 2 rings (SSSR count). The van der Waals surface area contributed by atoms with Gasteiger partial charge in [-0.1, -0.05) is 30.3 Å². The minimum Gasteiger partial charge on any atom is -0.444 e. The fourth-order valence-corrected chi connectivity index (χ4v) is 2.91. The Morgan fingerprint density at radius 1 is 1.33 bits per heavy atom. The highest BCUT2D eigenvalue weighted by atomic mass is 19.3. The Kier molecular flexibility index (Phi) is 5.48. The number of benzene rings is 1. The molecule has 1 fully saturated rings. The predicted octanol–water partition coefficient (Wildman–Crippen LogP) is 3.76. The van der Waals surface area contributed by atoms with Gasteiger partial charge in [0.1, 0.15) is 11.6 Å². The van der Waals surface area contributed by atoms with Gasteiger partial charge in [-0.05, 0) is 32.8 Å². The first-order valence-electron chi connectivity index (χ1n) is 8.18. The van der Waals surface area contributed by atoms with E-state index in [4.69, 9.17) is 4.74 Å². The molecule has 1 atom stereocenters. The number of halogens is 2. The van der Waals surface area contributed by atoms with Gasteiger partial charge in [0, 0.05) is 20.1 Å². The Hall–Kier alpha value is -1.69. The van der Waals surface area contributed by atoms with E-state index in [0.717, 1.165) is 10.5 Å². The number of hydrogen-bond donors (Lipinski definition) is 0. The van der Waals surface area contributed by atoms with Crippen LogP contribution in [0, 0.1) is 0 Å². The molecule has 0 aromatic heterocycles. The standard InChI is InChI=1S/C18H26F2N2O2/c1-17(2,3)24-16(23)21(4)15-10-11-22(13-18(15,19)20)12-14-8-6-5-7-9-14/h5-9,15H,10-13H2,1-4H3. The number of hydrogen-bond acceptors (Lipinski definition) is 3. The molecule has 0 aliphatic carbocycles. The number of ether oxygens (including phenoxy) is 1. The molecule has 0 N–H and O–H groups in total. The number of carbonyl (C=O) groups is 1. The van der Waals surface area contributed by atoms with Crippen LogP contribution in [0.2, 0.25) is 0 Å². The van der Waals surface area contributed by atoms with Crippen LogP contribution >= 0.6 is 0 Å². The van der Waals surface area contributed by atoms with Crippen LogP contribution in [0.4, 0.5) is 13.6 Å². The molecule has 134 valence electrons. The quantitative estimate of drug-likeness (QED) is 0.840. The highest BCUT2D eigenvalue weighted by molar-refractivity contribution is 5.68. The average molecular weight is 340 g/mol. The highest BCUT2D eigenvalue weighted by Gasteiger charge is 2.48. The number of amides is 1. The third-order valence-electron chi connectivity index (χ3n) is 4.04. The summed E-state index contributed by atoms with van der Waals surface area (Å²) in [5, 5.41) is 0. The maximum Gasteiger partial charge on any atom is 0.410 e. The van der Waals surface area contributed by atoms with Crippen LogP contribution in [0.15, 0.2) is 30.3 Å². The maximum atomic E-state index is 14.6. The molecule has 0 saturated carbocycles. The second kappa shape index (κ2) is 7.05. The molecule has 1 aromatic carbocycles. The van der Waals surface area contributed by atoms with Gasteiger partial charge in [-0.2, -0.15) is 0 Å². The van der Waals surface area contributed by atoms with Crippen molar-refractivity contribution in [2.45, 2.75) is 51.3 Å². The lowest BCUT2D eigenvalue weighted by molar-refractivity contribution is -0.122. The summed E-state index contributed by atoms with van der Waals surface area (Å²) in [6.07, 6.45) is -0.487. The van der Waals surface area contributed by atoms with Crippen molar-refractivity contribution in [2.75, 3.05) is 20.1 Å². The van der Waals surface area contributed by atoms with Gasteiger partial charge >= 0.3 is 6.09 Å². The summed E-state index contributed by atoms with van der Waals surface area (Å²) in [5.74, 6) is -2.97. The summed E-state index contributed by atoms with van der Waals surface area (Å²) in [6.45, 7) is 5.80. The number of likely N-dealkylation sites (tertiary alicyclic amines) is 1. The van der Waals surface area contributed by atoms with Crippen molar-refractivity contribution >= 4 is 6.09 Å². The summed E-state index contributed by atoms with van der Waals surface area (Å²) in [7, 11) is 1.39. The van der Waals surface area contributed by atoms with Gasteiger partial charge in [-0.15, -0.1) is 0 Å². The third kappa shape index (κ3) is 4.90. The molecule has 1 aromatic rings. The number of rotatable bonds is 3. The molecule has 1 saturated heterocycles. The van der Waals surface area contributed by atoms with Crippen LogP contribution < -0.4 is 0 Å². The van der Waals surface area contributed by atoms with E-state index in [-0.39, 0.29) is 13.0 Å². The van der Waals surface area contributed by atoms with Gasteiger partial charge < -0.3 is 9.64 Å². The Labute approximate surface area is 142 Å². The Balaban J connectivity index is 1.99. The summed E-state index contributed by atoms with van der Waals surface area (Å²) >= 11 is 0. The monoisotopic (exact) mass is 340 g/mol. The molecule has 1 amide bonds. The van der Waals surface area contributed by atoms with Crippen molar-refractivity contribution in [1.29, 1.82) is 0 Å². The van der Waals surface area contributed by atoms with Crippen LogP contribution in [0.3, 0.4) is 0 Å². The van der Waals surface area contributed by atoms with Gasteiger partial charge in [0.2, 0.25) is 0 Å². The lowest BCUT2D eigenvalue weighted by atomic mass is 9.99. The van der Waals surface area contributed by atoms with E-state index < -0.39 is 23.7 Å². The normalized spacial score (nSPS) is 21.3. The van der Waals surface area contributed by atoms with Crippen LogP contribution in [0.1, 0.15) is 32.8 Å². The van der Waals surface area contributed by atoms with E-state index in [0.29, 0.717) is 13.1 Å². The van der Waals surface area contributed by atoms with E-state index in [1.165, 1.54) is 7.05 Å². The molecule has 1 unspecified atom stereocenters. The Morgan fingerprint density at radius 2 is 1.96 bits per heavy atom. The molecule has 1 aliphatic heterocycles. The van der Waals surface area contributed by atoms with Crippen molar-refractivity contribution in [3.05, 3.63) is 35.9 Å². The first-order chi connectivity index (χ1) is 11.1. The van der Waals surface area contributed by atoms with Gasteiger partial charge in [-0.3, -0.25) is 4.90 Å². The predicted molar refractivity (Wildman–Crippen MR) is 89.1 cm³/mol. The molecule has 0 bridgehead atoms. The minimum absolute atomic E-state index is 0.218. The van der Waals surface area contributed by atoms with Crippen molar-refractivity contribution in [3.8, 4) is 0 Å². The van der Waals surface area contributed by atoms with Gasteiger partial charge in [0.15, 0.2) is 0 Å². The van der Waals surface area contributed by atoms with E-state index >= 15 is 0 Å². The zero-order chi connectivity index (χ0) is 18.0. The second-order valence-electron chi connectivity index (χ2n) is 7.35. The van der Waals surface area contributed by atoms with Crippen molar-refractivity contribution in [3.63, 3.8) is 0 Å². The van der Waals surface area contributed by atoms with Crippen LogP contribution in [0.5, 0.6) is 0 Å². The molecule has 1 aliphatic rings. The SMILES string of the molecule is CN(C(=O)OC(C)(C)C)C1CCN(Cc2ccccc2)CC1(F)F. The third-order valence-corrected chi connectivity index (χ3v) is 4.04. The lowest BCUT2D eigenvalue weighted by Crippen LogP contribution is -2.58. The molecule has 1 heterocycles. The summed E-state index contributed by atoms with van der Waals surface area (Å²) in [6, 6.07) is 8.42. The molecular weight excluding hydrogens is 314 g/mol. The van der Waals surface area contributed by atoms with Gasteiger partial charge in [0.05, 0.1) is 6.54 Å². The number of alkyl halides is 2. The lowest BCUT2D eigenvalue weighted by Gasteiger charge is -2.42. The van der Waals surface area contributed by atoms with Crippen molar-refractivity contribution in [1.82, 2.24) is 9.80 Å². The average Bonchev–Trinajstić information content (AvgIpc) is 2.45. The number of carbonyl (C=O) groups excluding carboxylic acids is 1. The second-order valence-corrected chi connectivity index (χ2v) is 7.35. The van der Waals surface area contributed by atoms with E-state index in [9.17, 15) is 13.6 Å². The Morgan fingerprint density at radius 3 is 2.50 bits per heavy atom. The van der Waals surface area contributed by atoms with E-state index in [2.05, 4.69) is 0 Å². The molecule has 4 nitrogen and oxygen atoms in total. The smallest absolute Gasteiger partial charge is 0.410 e. The molecule has 0 radical (unpaired) electrons. The highest BCUT2D eigenvalue weighted by Crippen LogP contribution is 2.32. The zero-order valence-corrected chi connectivity index (χ0v) is 14.8. The number of piperidine rings is 1. The first kappa shape index (κ1) is 18.6. The number of nitrogens with zero attached hydrogens (tertiary/aromatic N) is 2. The van der Waals surface area contributed by atoms with Gasteiger partial charge in [0.25, 0.3) is 5.92 Å². The van der Waals surface area contributed by atoms with Crippen LogP contribution in [0.25, 0.3) is 0 Å². The van der Waals surface area contributed by atoms with E-state index in [1.54, 1.807) is 25.7 Å². The summed E-state index contributed by atoms with van der Waals surface area (Å²) in [4.78, 5) is 14.9. The molecule has 6 heteroatoms. The van der Waals surface area contributed by atoms with Crippen LogP contribution in [-0.4, -0.2) is 53.6 Å². The van der Waals surface area contributed by atoms with Crippen molar-refractivity contribution in [2.24, 2.45) is 0 Å². The fourth-order valence-electron chi connectivity index (χ4n) is 2.91. The first-order valence-corrected chi connectivity index (χ1v) is 8.18. The summed E-state index contributed by atoms with van der Waals surface area (Å²) in [5.41, 5.74) is 0.307. The Bertz CT molecular complexity index is 558. The zero-order valence-electron chi connectivity index (χ0n) is 14.8. The fraction of sp³-hybridized carbons (Fsp3) is 0.611. The largest absolute Gasteiger partial charge is 0.444 e. The van der Waals surface area contributed by atoms with Crippen molar-refractivity contribution < 1.29 is 18.3 Å². The molecule has 0 spiro atoms. The van der Waals surface area contributed by atoms with Gasteiger partial charge in [-0.25, -0.2) is 13.6 Å². The topological polar surface area (TPSA) is 32.8 Å².